The van der Waals surface area contributed by atoms with Crippen LogP contribution in [0.1, 0.15) is 18.1 Å². The lowest BCUT2D eigenvalue weighted by molar-refractivity contribution is 1.13. The van der Waals surface area contributed by atoms with E-state index < -0.39 is 0 Å². The fourth-order valence-corrected chi connectivity index (χ4v) is 1.13. The summed E-state index contributed by atoms with van der Waals surface area (Å²) in [6, 6.07) is 8.56. The Morgan fingerprint density at radius 1 is 1.08 bits per heavy atom. The van der Waals surface area contributed by atoms with Crippen molar-refractivity contribution in [3.8, 4) is 11.8 Å². The highest BCUT2D eigenvalue weighted by molar-refractivity contribution is 5.25. The zero-order valence-corrected chi connectivity index (χ0v) is 8.01. The van der Waals surface area contributed by atoms with Crippen LogP contribution in [0.4, 0.5) is 0 Å². The van der Waals surface area contributed by atoms with Crippen molar-refractivity contribution in [2.75, 3.05) is 6.54 Å². The van der Waals surface area contributed by atoms with Gasteiger partial charge in [0.05, 0.1) is 6.54 Å². The van der Waals surface area contributed by atoms with Gasteiger partial charge in [-0.3, -0.25) is 0 Å². The Kier molecular flexibility index (Phi) is 4.08. The molecule has 0 atom stereocenters. The van der Waals surface area contributed by atoms with Crippen LogP contribution in [0, 0.1) is 11.8 Å². The molecule has 0 radical (unpaired) electrons. The SMILES string of the molecule is CCc1ccc(CC#CCN)cc1. The van der Waals surface area contributed by atoms with Gasteiger partial charge in [0, 0.05) is 6.42 Å². The molecule has 0 saturated carbocycles. The topological polar surface area (TPSA) is 26.0 Å². The Labute approximate surface area is 80.0 Å². The van der Waals surface area contributed by atoms with E-state index in [1.54, 1.807) is 0 Å². The fraction of sp³-hybridized carbons (Fsp3) is 0.333. The van der Waals surface area contributed by atoms with Crippen molar-refractivity contribution in [1.82, 2.24) is 0 Å². The van der Waals surface area contributed by atoms with Crippen molar-refractivity contribution in [1.29, 1.82) is 0 Å². The predicted molar refractivity (Wildman–Crippen MR) is 56.4 cm³/mol. The predicted octanol–water partition coefficient (Wildman–Crippen LogP) is 1.75. The monoisotopic (exact) mass is 173 g/mol. The third-order valence-corrected chi connectivity index (χ3v) is 1.95. The molecular formula is C12H15N. The van der Waals surface area contributed by atoms with E-state index in [0.717, 1.165) is 12.8 Å². The van der Waals surface area contributed by atoms with E-state index in [4.69, 9.17) is 5.73 Å². The van der Waals surface area contributed by atoms with Crippen molar-refractivity contribution >= 4 is 0 Å². The van der Waals surface area contributed by atoms with Gasteiger partial charge in [-0.15, -0.1) is 0 Å². The number of nitrogens with two attached hydrogens (primary N) is 1. The maximum atomic E-state index is 5.26. The summed E-state index contributed by atoms with van der Waals surface area (Å²) >= 11 is 0. The maximum Gasteiger partial charge on any atom is 0.0551 e. The first-order chi connectivity index (χ1) is 6.36. The molecule has 1 rings (SSSR count). The van der Waals surface area contributed by atoms with Crippen LogP contribution in [-0.2, 0) is 12.8 Å². The zero-order valence-electron chi connectivity index (χ0n) is 8.01. The van der Waals surface area contributed by atoms with Gasteiger partial charge in [0.2, 0.25) is 0 Å². The van der Waals surface area contributed by atoms with Gasteiger partial charge in [0.1, 0.15) is 0 Å². The van der Waals surface area contributed by atoms with E-state index in [1.165, 1.54) is 11.1 Å². The first kappa shape index (κ1) is 9.83. The van der Waals surface area contributed by atoms with Gasteiger partial charge in [-0.1, -0.05) is 43.0 Å². The molecule has 0 fully saturated rings. The summed E-state index contributed by atoms with van der Waals surface area (Å²) < 4.78 is 0. The van der Waals surface area contributed by atoms with Crippen LogP contribution < -0.4 is 5.73 Å². The molecule has 68 valence electrons. The highest BCUT2D eigenvalue weighted by Crippen LogP contribution is 2.04. The van der Waals surface area contributed by atoms with Gasteiger partial charge in [-0.2, -0.15) is 0 Å². The minimum absolute atomic E-state index is 0.451. The molecule has 0 aliphatic carbocycles. The van der Waals surface area contributed by atoms with E-state index in [1.807, 2.05) is 0 Å². The summed E-state index contributed by atoms with van der Waals surface area (Å²) in [4.78, 5) is 0. The highest BCUT2D eigenvalue weighted by atomic mass is 14.5. The second-order valence-electron chi connectivity index (χ2n) is 2.90. The van der Waals surface area contributed by atoms with E-state index >= 15 is 0 Å². The average molecular weight is 173 g/mol. The van der Waals surface area contributed by atoms with Gasteiger partial charge in [-0.25, -0.2) is 0 Å². The van der Waals surface area contributed by atoms with Gasteiger partial charge < -0.3 is 5.73 Å². The van der Waals surface area contributed by atoms with E-state index in [-0.39, 0.29) is 0 Å². The summed E-state index contributed by atoms with van der Waals surface area (Å²) in [7, 11) is 0. The van der Waals surface area contributed by atoms with Gasteiger partial charge in [0.15, 0.2) is 0 Å². The fourth-order valence-electron chi connectivity index (χ4n) is 1.13. The van der Waals surface area contributed by atoms with Crippen LogP contribution in [0.2, 0.25) is 0 Å². The molecule has 0 saturated heterocycles. The smallest absolute Gasteiger partial charge is 0.0551 e. The molecule has 0 aliphatic heterocycles. The van der Waals surface area contributed by atoms with Crippen molar-refractivity contribution in [2.24, 2.45) is 5.73 Å². The molecule has 0 amide bonds. The highest BCUT2D eigenvalue weighted by Gasteiger charge is 1.90. The molecule has 0 aromatic heterocycles. The van der Waals surface area contributed by atoms with Crippen molar-refractivity contribution < 1.29 is 0 Å². The third kappa shape index (κ3) is 3.31. The van der Waals surface area contributed by atoms with E-state index in [0.29, 0.717) is 6.54 Å². The quantitative estimate of drug-likeness (QED) is 0.677. The van der Waals surface area contributed by atoms with Crippen LogP contribution in [0.5, 0.6) is 0 Å². The summed E-state index contributed by atoms with van der Waals surface area (Å²) in [6.45, 7) is 2.61. The minimum Gasteiger partial charge on any atom is -0.320 e. The molecule has 0 spiro atoms. The molecule has 13 heavy (non-hydrogen) atoms. The van der Waals surface area contributed by atoms with Crippen LogP contribution in [0.3, 0.4) is 0 Å². The van der Waals surface area contributed by atoms with Gasteiger partial charge in [-0.05, 0) is 17.5 Å². The summed E-state index contributed by atoms with van der Waals surface area (Å²) in [6.07, 6.45) is 1.90. The normalized spacial score (nSPS) is 9.08. The Morgan fingerprint density at radius 2 is 1.69 bits per heavy atom. The van der Waals surface area contributed by atoms with Crippen LogP contribution >= 0.6 is 0 Å². The van der Waals surface area contributed by atoms with Crippen molar-refractivity contribution in [2.45, 2.75) is 19.8 Å². The molecule has 2 N–H and O–H groups in total. The standard InChI is InChI=1S/C12H15N/c1-2-11-6-8-12(9-7-11)5-3-4-10-13/h6-9H,2,5,10,13H2,1H3. The zero-order chi connectivity index (χ0) is 9.52. The number of hydrogen-bond donors (Lipinski definition) is 1. The molecule has 1 aromatic carbocycles. The summed E-state index contributed by atoms with van der Waals surface area (Å²) in [5, 5.41) is 0. The number of hydrogen-bond acceptors (Lipinski definition) is 1. The molecule has 0 heterocycles. The van der Waals surface area contributed by atoms with E-state index in [9.17, 15) is 0 Å². The Balaban J connectivity index is 2.59. The summed E-state index contributed by atoms with van der Waals surface area (Å²) in [5.74, 6) is 5.87. The van der Waals surface area contributed by atoms with E-state index in [2.05, 4.69) is 43.0 Å². The number of benzene rings is 1. The molecule has 1 nitrogen and oxygen atoms in total. The minimum atomic E-state index is 0.451. The second-order valence-corrected chi connectivity index (χ2v) is 2.90. The lowest BCUT2D eigenvalue weighted by Gasteiger charge is -1.97. The molecule has 0 unspecified atom stereocenters. The lowest BCUT2D eigenvalue weighted by Crippen LogP contribution is -1.93. The van der Waals surface area contributed by atoms with Crippen LogP contribution in [-0.4, -0.2) is 6.54 Å². The third-order valence-electron chi connectivity index (χ3n) is 1.95. The maximum absolute atomic E-state index is 5.26. The largest absolute Gasteiger partial charge is 0.320 e. The number of aryl methyl sites for hydroxylation is 1. The van der Waals surface area contributed by atoms with Gasteiger partial charge >= 0.3 is 0 Å². The van der Waals surface area contributed by atoms with Crippen molar-refractivity contribution in [3.63, 3.8) is 0 Å². The van der Waals surface area contributed by atoms with Crippen LogP contribution in [0.15, 0.2) is 24.3 Å². The molecule has 1 heteroatoms. The Bertz CT molecular complexity index is 300. The van der Waals surface area contributed by atoms with Crippen molar-refractivity contribution in [3.05, 3.63) is 35.4 Å². The lowest BCUT2D eigenvalue weighted by atomic mass is 10.1. The summed E-state index contributed by atoms with van der Waals surface area (Å²) in [5.41, 5.74) is 7.90. The molecular weight excluding hydrogens is 158 g/mol. The molecule has 0 bridgehead atoms. The second kappa shape index (κ2) is 5.40. The first-order valence-corrected chi connectivity index (χ1v) is 4.60. The molecule has 0 aliphatic rings. The Morgan fingerprint density at radius 3 is 2.23 bits per heavy atom. The van der Waals surface area contributed by atoms with Gasteiger partial charge in [0.25, 0.3) is 0 Å². The van der Waals surface area contributed by atoms with Crippen LogP contribution in [0.25, 0.3) is 0 Å². The average Bonchev–Trinajstić information content (AvgIpc) is 2.19. The number of rotatable bonds is 2. The molecule has 1 aromatic rings. The first-order valence-electron chi connectivity index (χ1n) is 4.60. The Hall–Kier alpha value is -1.26.